The Morgan fingerprint density at radius 2 is 1.72 bits per heavy atom. The van der Waals surface area contributed by atoms with Gasteiger partial charge in [-0.15, -0.1) is 0 Å². The average molecular weight is 400 g/mol. The molecule has 7 heteroatoms. The molecular weight excluding hydrogens is 375 g/mol. The summed E-state index contributed by atoms with van der Waals surface area (Å²) in [5.41, 5.74) is 2.16. The number of methoxy groups -OCH3 is 1. The molecule has 0 unspecified atom stereocenters. The van der Waals surface area contributed by atoms with Gasteiger partial charge in [-0.1, -0.05) is 48.0 Å². The van der Waals surface area contributed by atoms with Crippen LogP contribution in [0.4, 0.5) is 4.39 Å². The van der Waals surface area contributed by atoms with Crippen LogP contribution in [0.15, 0.2) is 48.5 Å². The zero-order valence-corrected chi connectivity index (χ0v) is 16.7. The second kappa shape index (κ2) is 10.4. The molecule has 2 aromatic rings. The van der Waals surface area contributed by atoms with Crippen molar-refractivity contribution in [3.63, 3.8) is 0 Å². The van der Waals surface area contributed by atoms with Crippen molar-refractivity contribution in [1.82, 2.24) is 10.6 Å². The van der Waals surface area contributed by atoms with Gasteiger partial charge in [-0.05, 0) is 24.1 Å². The van der Waals surface area contributed by atoms with Crippen molar-refractivity contribution in [2.75, 3.05) is 7.11 Å². The van der Waals surface area contributed by atoms with Gasteiger partial charge in [0.1, 0.15) is 17.9 Å². The lowest BCUT2D eigenvalue weighted by Crippen LogP contribution is -2.53. The molecule has 0 aliphatic carbocycles. The first kappa shape index (κ1) is 22.1. The molecule has 0 spiro atoms. The van der Waals surface area contributed by atoms with E-state index in [0.29, 0.717) is 0 Å². The molecule has 0 fully saturated rings. The molecule has 0 aliphatic rings. The van der Waals surface area contributed by atoms with Gasteiger partial charge in [0, 0.05) is 19.8 Å². The van der Waals surface area contributed by atoms with E-state index < -0.39 is 35.7 Å². The van der Waals surface area contributed by atoms with E-state index in [1.54, 1.807) is 18.2 Å². The number of carbonyl (C=O) groups excluding carboxylic acids is 3. The van der Waals surface area contributed by atoms with Crippen molar-refractivity contribution >= 4 is 17.8 Å². The largest absolute Gasteiger partial charge is 0.467 e. The Kier molecular flexibility index (Phi) is 7.88. The van der Waals surface area contributed by atoms with E-state index in [1.165, 1.54) is 20.1 Å². The number of aryl methyl sites for hydroxylation is 1. The maximum Gasteiger partial charge on any atom is 0.328 e. The van der Waals surface area contributed by atoms with E-state index in [0.717, 1.165) is 11.1 Å². The Hall–Kier alpha value is -3.22. The van der Waals surface area contributed by atoms with Crippen molar-refractivity contribution in [1.29, 1.82) is 0 Å². The van der Waals surface area contributed by atoms with Gasteiger partial charge in [0.05, 0.1) is 7.11 Å². The predicted octanol–water partition coefficient (Wildman–Crippen LogP) is 2.08. The summed E-state index contributed by atoms with van der Waals surface area (Å²) >= 11 is 0. The number of rotatable bonds is 8. The van der Waals surface area contributed by atoms with E-state index in [4.69, 9.17) is 4.74 Å². The molecular formula is C22H25FN2O4. The zero-order valence-electron chi connectivity index (χ0n) is 16.7. The lowest BCUT2D eigenvalue weighted by atomic mass is 10.0. The third-order valence-corrected chi connectivity index (χ3v) is 4.40. The van der Waals surface area contributed by atoms with Gasteiger partial charge in [0.15, 0.2) is 0 Å². The number of halogens is 1. The number of amides is 2. The molecule has 2 aromatic carbocycles. The highest BCUT2D eigenvalue weighted by atomic mass is 19.1. The Morgan fingerprint density at radius 3 is 2.34 bits per heavy atom. The van der Waals surface area contributed by atoms with Gasteiger partial charge in [0.2, 0.25) is 11.8 Å². The summed E-state index contributed by atoms with van der Waals surface area (Å²) in [4.78, 5) is 36.6. The lowest BCUT2D eigenvalue weighted by Gasteiger charge is -2.22. The molecule has 0 saturated heterocycles. The number of hydrogen-bond donors (Lipinski definition) is 2. The summed E-state index contributed by atoms with van der Waals surface area (Å²) < 4.78 is 18.8. The summed E-state index contributed by atoms with van der Waals surface area (Å²) in [7, 11) is 1.24. The summed E-state index contributed by atoms with van der Waals surface area (Å²) in [6, 6.07) is 11.6. The molecule has 2 rings (SSSR count). The fourth-order valence-electron chi connectivity index (χ4n) is 3.02. The molecule has 0 heterocycles. The molecule has 0 aliphatic heterocycles. The van der Waals surface area contributed by atoms with Crippen molar-refractivity contribution in [2.45, 2.75) is 38.8 Å². The first-order valence-corrected chi connectivity index (χ1v) is 9.24. The summed E-state index contributed by atoms with van der Waals surface area (Å²) in [5, 5.41) is 5.15. The monoisotopic (exact) mass is 400 g/mol. The topological polar surface area (TPSA) is 84.5 Å². The van der Waals surface area contributed by atoms with Gasteiger partial charge in [-0.25, -0.2) is 9.18 Å². The van der Waals surface area contributed by atoms with Crippen LogP contribution in [0.1, 0.15) is 23.6 Å². The molecule has 0 radical (unpaired) electrons. The fraction of sp³-hybridized carbons (Fsp3) is 0.318. The quantitative estimate of drug-likeness (QED) is 0.665. The van der Waals surface area contributed by atoms with Crippen LogP contribution in [0, 0.1) is 12.7 Å². The van der Waals surface area contributed by atoms with Gasteiger partial charge in [0.25, 0.3) is 0 Å². The van der Waals surface area contributed by atoms with Crippen LogP contribution < -0.4 is 10.6 Å². The third-order valence-electron chi connectivity index (χ3n) is 4.40. The number of hydrogen-bond acceptors (Lipinski definition) is 4. The van der Waals surface area contributed by atoms with Crippen molar-refractivity contribution in [3.8, 4) is 0 Å². The zero-order chi connectivity index (χ0) is 21.4. The minimum atomic E-state index is -1.03. The summed E-state index contributed by atoms with van der Waals surface area (Å²) in [6.07, 6.45) is 0.184. The standard InChI is InChI=1S/C22H25FN2O4/c1-14-7-6-8-16(11-14)12-20(22(28)29-3)25-21(27)19(24-15(2)26)13-17-9-4-5-10-18(17)23/h4-11,19-20H,12-13H2,1-3H3,(H,24,26)(H,25,27)/t19-,20-/m0/s1. The van der Waals surface area contributed by atoms with Crippen molar-refractivity contribution < 1.29 is 23.5 Å². The van der Waals surface area contributed by atoms with Crippen LogP contribution in [0.3, 0.4) is 0 Å². The number of esters is 1. The van der Waals surface area contributed by atoms with Crippen LogP contribution in [0.2, 0.25) is 0 Å². The Balaban J connectivity index is 2.19. The van der Waals surface area contributed by atoms with Crippen LogP contribution in [0.25, 0.3) is 0 Å². The van der Waals surface area contributed by atoms with Gasteiger partial charge < -0.3 is 15.4 Å². The van der Waals surface area contributed by atoms with Crippen LogP contribution in [0.5, 0.6) is 0 Å². The molecule has 2 N–H and O–H groups in total. The lowest BCUT2D eigenvalue weighted by molar-refractivity contribution is -0.145. The number of benzene rings is 2. The maximum absolute atomic E-state index is 14.0. The van der Waals surface area contributed by atoms with E-state index >= 15 is 0 Å². The Bertz CT molecular complexity index is 885. The second-order valence-corrected chi connectivity index (χ2v) is 6.83. The maximum atomic E-state index is 14.0. The molecule has 154 valence electrons. The van der Waals surface area contributed by atoms with Crippen LogP contribution >= 0.6 is 0 Å². The highest BCUT2D eigenvalue weighted by Crippen LogP contribution is 2.11. The summed E-state index contributed by atoms with van der Waals surface area (Å²) in [6.45, 7) is 3.20. The minimum absolute atomic E-state index is 0.0452. The second-order valence-electron chi connectivity index (χ2n) is 6.83. The average Bonchev–Trinajstić information content (AvgIpc) is 2.67. The molecule has 6 nitrogen and oxygen atoms in total. The van der Waals surface area contributed by atoms with Gasteiger partial charge in [-0.3, -0.25) is 9.59 Å². The van der Waals surface area contributed by atoms with E-state index in [2.05, 4.69) is 10.6 Å². The normalized spacial score (nSPS) is 12.6. The van der Waals surface area contributed by atoms with E-state index in [1.807, 2.05) is 31.2 Å². The van der Waals surface area contributed by atoms with E-state index in [9.17, 15) is 18.8 Å². The molecule has 0 aromatic heterocycles. The number of ether oxygens (including phenoxy) is 1. The van der Waals surface area contributed by atoms with Crippen molar-refractivity contribution in [3.05, 3.63) is 71.0 Å². The Morgan fingerprint density at radius 1 is 1.00 bits per heavy atom. The number of carbonyl (C=O) groups is 3. The molecule has 2 atom stereocenters. The third kappa shape index (κ3) is 6.71. The van der Waals surface area contributed by atoms with E-state index in [-0.39, 0.29) is 18.4 Å². The van der Waals surface area contributed by atoms with Crippen molar-refractivity contribution in [2.24, 2.45) is 0 Å². The van der Waals surface area contributed by atoms with Crippen LogP contribution in [-0.2, 0) is 32.0 Å². The number of nitrogens with one attached hydrogen (secondary N) is 2. The molecule has 2 amide bonds. The first-order valence-electron chi connectivity index (χ1n) is 9.24. The summed E-state index contributed by atoms with van der Waals surface area (Å²) in [5.74, 6) is -2.10. The smallest absolute Gasteiger partial charge is 0.328 e. The molecule has 29 heavy (non-hydrogen) atoms. The minimum Gasteiger partial charge on any atom is -0.467 e. The highest BCUT2D eigenvalue weighted by Gasteiger charge is 2.27. The van der Waals surface area contributed by atoms with Gasteiger partial charge in [-0.2, -0.15) is 0 Å². The molecule has 0 saturated carbocycles. The molecule has 0 bridgehead atoms. The first-order chi connectivity index (χ1) is 13.8. The fourth-order valence-corrected chi connectivity index (χ4v) is 3.02. The predicted molar refractivity (Wildman–Crippen MR) is 107 cm³/mol. The van der Waals surface area contributed by atoms with Gasteiger partial charge >= 0.3 is 5.97 Å². The SMILES string of the molecule is COC(=O)[C@H](Cc1cccc(C)c1)NC(=O)[C@H](Cc1ccccc1F)NC(C)=O. The highest BCUT2D eigenvalue weighted by molar-refractivity contribution is 5.90. The Labute approximate surface area is 169 Å². The van der Waals surface area contributed by atoms with Crippen LogP contribution in [-0.4, -0.2) is 37.0 Å².